The Hall–Kier alpha value is -1.72. The molecule has 3 rings (SSSR count). The average molecular weight is 333 g/mol. The van der Waals surface area contributed by atoms with E-state index in [1.165, 1.54) is 23.5 Å². The highest BCUT2D eigenvalue weighted by atomic mass is 32.1. The minimum atomic E-state index is -0.221. The van der Waals surface area contributed by atoms with Gasteiger partial charge < -0.3 is 10.1 Å². The fourth-order valence-electron chi connectivity index (χ4n) is 2.68. The number of ether oxygens (including phenoxy) is 1. The zero-order valence-electron chi connectivity index (χ0n) is 12.9. The first kappa shape index (κ1) is 16.1. The van der Waals surface area contributed by atoms with Crippen LogP contribution < -0.4 is 5.32 Å². The summed E-state index contributed by atoms with van der Waals surface area (Å²) in [6.45, 7) is 1.43. The Labute approximate surface area is 139 Å². The Morgan fingerprint density at radius 3 is 2.83 bits per heavy atom. The predicted molar refractivity (Wildman–Crippen MR) is 89.3 cm³/mol. The molecule has 1 fully saturated rings. The summed E-state index contributed by atoms with van der Waals surface area (Å²) in [4.78, 5) is 14.0. The predicted octanol–water partition coefficient (Wildman–Crippen LogP) is 4.10. The van der Waals surface area contributed by atoms with Crippen LogP contribution in [0.25, 0.3) is 0 Å². The fourth-order valence-corrected chi connectivity index (χ4v) is 3.69. The van der Waals surface area contributed by atoms with E-state index in [9.17, 15) is 9.18 Å². The van der Waals surface area contributed by atoms with Crippen LogP contribution in [-0.2, 0) is 11.2 Å². The molecule has 1 N–H and O–H groups in total. The lowest BCUT2D eigenvalue weighted by Crippen LogP contribution is -2.23. The Balaban J connectivity index is 1.43. The number of hydrogen-bond donors (Lipinski definition) is 1. The van der Waals surface area contributed by atoms with E-state index in [0.29, 0.717) is 6.54 Å². The highest BCUT2D eigenvalue weighted by Crippen LogP contribution is 2.33. The molecule has 1 amide bonds. The van der Waals surface area contributed by atoms with Crippen molar-refractivity contribution >= 4 is 17.2 Å². The largest absolute Gasteiger partial charge is 0.373 e. The number of carbonyl (C=O) groups excluding carboxylic acids is 1. The molecule has 1 aliphatic heterocycles. The zero-order chi connectivity index (χ0) is 16.1. The van der Waals surface area contributed by atoms with Crippen molar-refractivity contribution in [3.05, 3.63) is 57.5 Å². The molecule has 0 spiro atoms. The fraction of sp³-hybridized carbons (Fsp3) is 0.389. The number of thiophene rings is 1. The van der Waals surface area contributed by atoms with Gasteiger partial charge in [0.05, 0.1) is 11.0 Å². The van der Waals surface area contributed by atoms with E-state index in [4.69, 9.17) is 4.74 Å². The third kappa shape index (κ3) is 4.39. The second-order valence-electron chi connectivity index (χ2n) is 5.69. The van der Waals surface area contributed by atoms with Crippen LogP contribution in [0.3, 0.4) is 0 Å². The molecule has 2 heterocycles. The topological polar surface area (TPSA) is 38.3 Å². The SMILES string of the molecule is O=C(NCCCc1ccc(F)cc1)c1ccc(C2CCCO2)s1. The van der Waals surface area contributed by atoms with Gasteiger partial charge in [-0.1, -0.05) is 12.1 Å². The summed E-state index contributed by atoms with van der Waals surface area (Å²) in [5.41, 5.74) is 1.08. The van der Waals surface area contributed by atoms with Crippen LogP contribution in [0, 0.1) is 5.82 Å². The summed E-state index contributed by atoms with van der Waals surface area (Å²) in [7, 11) is 0. The van der Waals surface area contributed by atoms with E-state index in [1.54, 1.807) is 12.1 Å². The monoisotopic (exact) mass is 333 g/mol. The Bertz CT molecular complexity index is 647. The smallest absolute Gasteiger partial charge is 0.261 e. The molecule has 2 aromatic rings. The molecule has 1 saturated heterocycles. The van der Waals surface area contributed by atoms with Crippen LogP contribution in [0.4, 0.5) is 4.39 Å². The van der Waals surface area contributed by atoms with Gasteiger partial charge in [0.1, 0.15) is 5.82 Å². The Kier molecular flexibility index (Phi) is 5.41. The first-order valence-electron chi connectivity index (χ1n) is 7.96. The first-order chi connectivity index (χ1) is 11.2. The number of carbonyl (C=O) groups is 1. The average Bonchev–Trinajstić information content (AvgIpc) is 3.23. The summed E-state index contributed by atoms with van der Waals surface area (Å²) in [5.74, 6) is -0.250. The van der Waals surface area contributed by atoms with Crippen molar-refractivity contribution in [3.63, 3.8) is 0 Å². The molecule has 0 radical (unpaired) electrons. The normalized spacial score (nSPS) is 17.3. The highest BCUT2D eigenvalue weighted by Gasteiger charge is 2.20. The number of aryl methyl sites for hydroxylation is 1. The van der Waals surface area contributed by atoms with Gasteiger partial charge in [0.15, 0.2) is 0 Å². The maximum atomic E-state index is 12.8. The Morgan fingerprint density at radius 1 is 1.26 bits per heavy atom. The van der Waals surface area contributed by atoms with E-state index in [2.05, 4.69) is 5.32 Å². The van der Waals surface area contributed by atoms with Crippen LogP contribution in [0.5, 0.6) is 0 Å². The summed E-state index contributed by atoms with van der Waals surface area (Å²) in [5, 5.41) is 2.94. The first-order valence-corrected chi connectivity index (χ1v) is 8.78. The summed E-state index contributed by atoms with van der Waals surface area (Å²) >= 11 is 1.52. The maximum Gasteiger partial charge on any atom is 0.261 e. The van der Waals surface area contributed by atoms with Crippen molar-refractivity contribution < 1.29 is 13.9 Å². The number of rotatable bonds is 6. The van der Waals surface area contributed by atoms with Crippen molar-refractivity contribution in [1.82, 2.24) is 5.32 Å². The number of nitrogens with one attached hydrogen (secondary N) is 1. The molecule has 0 bridgehead atoms. The quantitative estimate of drug-likeness (QED) is 0.808. The van der Waals surface area contributed by atoms with E-state index >= 15 is 0 Å². The number of benzene rings is 1. The van der Waals surface area contributed by atoms with E-state index in [0.717, 1.165) is 47.6 Å². The van der Waals surface area contributed by atoms with Gasteiger partial charge in [0.2, 0.25) is 0 Å². The zero-order valence-corrected chi connectivity index (χ0v) is 13.7. The standard InChI is InChI=1S/C18H20FNO2S/c19-14-7-5-13(6-8-14)3-1-11-20-18(21)17-10-9-16(23-17)15-4-2-12-22-15/h5-10,15H,1-4,11-12H2,(H,20,21). The molecule has 1 aliphatic rings. The molecule has 1 unspecified atom stereocenters. The van der Waals surface area contributed by atoms with Crippen LogP contribution in [0.2, 0.25) is 0 Å². The van der Waals surface area contributed by atoms with Gasteiger partial charge in [-0.15, -0.1) is 11.3 Å². The number of amides is 1. The van der Waals surface area contributed by atoms with Crippen molar-refractivity contribution in [1.29, 1.82) is 0 Å². The second-order valence-corrected chi connectivity index (χ2v) is 6.80. The lowest BCUT2D eigenvalue weighted by atomic mass is 10.1. The minimum absolute atomic E-state index is 0.0293. The number of hydrogen-bond acceptors (Lipinski definition) is 3. The lowest BCUT2D eigenvalue weighted by molar-refractivity contribution is 0.0957. The molecule has 5 heteroatoms. The van der Waals surface area contributed by atoms with Gasteiger partial charge in [-0.25, -0.2) is 4.39 Å². The molecule has 23 heavy (non-hydrogen) atoms. The summed E-state index contributed by atoms with van der Waals surface area (Å²) in [6, 6.07) is 10.4. The third-order valence-electron chi connectivity index (χ3n) is 3.94. The van der Waals surface area contributed by atoms with E-state index < -0.39 is 0 Å². The molecule has 3 nitrogen and oxygen atoms in total. The molecular weight excluding hydrogens is 313 g/mol. The second kappa shape index (κ2) is 7.70. The summed E-state index contributed by atoms with van der Waals surface area (Å²) in [6.07, 6.45) is 3.96. The van der Waals surface area contributed by atoms with Crippen LogP contribution in [-0.4, -0.2) is 19.1 Å². The van der Waals surface area contributed by atoms with Crippen molar-refractivity contribution in [2.75, 3.05) is 13.2 Å². The molecular formula is C18H20FNO2S. The van der Waals surface area contributed by atoms with Crippen LogP contribution in [0.1, 0.15) is 45.5 Å². The van der Waals surface area contributed by atoms with Crippen LogP contribution in [0.15, 0.2) is 36.4 Å². The minimum Gasteiger partial charge on any atom is -0.373 e. The molecule has 0 saturated carbocycles. The molecule has 1 aromatic heterocycles. The van der Waals surface area contributed by atoms with Gasteiger partial charge in [-0.05, 0) is 55.5 Å². The van der Waals surface area contributed by atoms with Crippen molar-refractivity contribution in [2.45, 2.75) is 31.8 Å². The highest BCUT2D eigenvalue weighted by molar-refractivity contribution is 7.14. The van der Waals surface area contributed by atoms with Gasteiger partial charge in [0, 0.05) is 18.0 Å². The molecule has 0 aliphatic carbocycles. The van der Waals surface area contributed by atoms with Gasteiger partial charge in [-0.2, -0.15) is 0 Å². The van der Waals surface area contributed by atoms with E-state index in [1.807, 2.05) is 12.1 Å². The molecule has 1 atom stereocenters. The number of halogens is 1. The molecule has 122 valence electrons. The Morgan fingerprint density at radius 2 is 2.09 bits per heavy atom. The van der Waals surface area contributed by atoms with Crippen molar-refractivity contribution in [3.8, 4) is 0 Å². The molecule has 1 aromatic carbocycles. The van der Waals surface area contributed by atoms with Crippen LogP contribution >= 0.6 is 11.3 Å². The van der Waals surface area contributed by atoms with Gasteiger partial charge in [-0.3, -0.25) is 4.79 Å². The lowest BCUT2D eigenvalue weighted by Gasteiger charge is -2.06. The summed E-state index contributed by atoms with van der Waals surface area (Å²) < 4.78 is 18.5. The van der Waals surface area contributed by atoms with Gasteiger partial charge in [0.25, 0.3) is 5.91 Å². The van der Waals surface area contributed by atoms with Gasteiger partial charge >= 0.3 is 0 Å². The third-order valence-corrected chi connectivity index (χ3v) is 5.11. The maximum absolute atomic E-state index is 12.8. The van der Waals surface area contributed by atoms with Crippen molar-refractivity contribution in [2.24, 2.45) is 0 Å². The van der Waals surface area contributed by atoms with E-state index in [-0.39, 0.29) is 17.8 Å².